The summed E-state index contributed by atoms with van der Waals surface area (Å²) in [5.74, 6) is -0.923. The van der Waals surface area contributed by atoms with Gasteiger partial charge >= 0.3 is 5.97 Å². The molecule has 1 N–H and O–H groups in total. The molecule has 0 radical (unpaired) electrons. The highest BCUT2D eigenvalue weighted by Gasteiger charge is 2.27. The summed E-state index contributed by atoms with van der Waals surface area (Å²) in [6, 6.07) is 13.1. The molecule has 0 bridgehead atoms. The lowest BCUT2D eigenvalue weighted by atomic mass is 9.93. The first-order chi connectivity index (χ1) is 13.3. The number of sulfone groups is 1. The van der Waals surface area contributed by atoms with Crippen molar-refractivity contribution in [3.63, 3.8) is 0 Å². The Kier molecular flexibility index (Phi) is 6.10. The normalized spacial score (nSPS) is 16.1. The standard InChI is InChI=1S/C14H16N2O4S.C6H6S/c1-21(19,20)12-4-5-15-14-10(12)8-11-9(7-13(17)18)3-2-6-16(11)14;7-6-4-2-1-3-5-6/h4-5,8-9H,2-3,6-7H2,1H3,(H,17,18);1-5,7H. The highest BCUT2D eigenvalue weighted by atomic mass is 32.2. The van der Waals surface area contributed by atoms with Gasteiger partial charge in [0.25, 0.3) is 0 Å². The lowest BCUT2D eigenvalue weighted by Crippen LogP contribution is -2.17. The van der Waals surface area contributed by atoms with Crippen molar-refractivity contribution >= 4 is 39.5 Å². The van der Waals surface area contributed by atoms with E-state index in [1.165, 1.54) is 18.5 Å². The van der Waals surface area contributed by atoms with E-state index in [9.17, 15) is 13.2 Å². The number of carboxylic acids is 1. The van der Waals surface area contributed by atoms with Crippen molar-refractivity contribution in [2.45, 2.75) is 41.5 Å². The fraction of sp³-hybridized carbons (Fsp3) is 0.300. The molecule has 0 fully saturated rings. The molecule has 1 aromatic carbocycles. The van der Waals surface area contributed by atoms with Crippen LogP contribution in [-0.4, -0.2) is 35.3 Å². The van der Waals surface area contributed by atoms with Crippen molar-refractivity contribution < 1.29 is 18.3 Å². The second-order valence-electron chi connectivity index (χ2n) is 6.81. The van der Waals surface area contributed by atoms with Gasteiger partial charge in [0.2, 0.25) is 0 Å². The van der Waals surface area contributed by atoms with Crippen LogP contribution in [0.1, 0.15) is 30.9 Å². The minimum absolute atomic E-state index is 0.0600. The highest BCUT2D eigenvalue weighted by molar-refractivity contribution is 7.91. The van der Waals surface area contributed by atoms with Gasteiger partial charge in [-0.25, -0.2) is 13.4 Å². The number of fused-ring (bicyclic) bond motifs is 3. The molecule has 8 heteroatoms. The largest absolute Gasteiger partial charge is 0.481 e. The predicted molar refractivity (Wildman–Crippen MR) is 111 cm³/mol. The lowest BCUT2D eigenvalue weighted by Gasteiger charge is -2.23. The van der Waals surface area contributed by atoms with Crippen LogP contribution in [0, 0.1) is 0 Å². The first kappa shape index (κ1) is 20.4. The number of aromatic nitrogens is 2. The Bertz CT molecular complexity index is 1090. The minimum Gasteiger partial charge on any atom is -0.481 e. The monoisotopic (exact) mass is 418 g/mol. The molecule has 148 valence electrons. The second kappa shape index (κ2) is 8.36. The van der Waals surface area contributed by atoms with E-state index in [0.717, 1.165) is 30.0 Å². The van der Waals surface area contributed by atoms with Crippen LogP contribution in [0.4, 0.5) is 0 Å². The van der Waals surface area contributed by atoms with Crippen LogP contribution < -0.4 is 0 Å². The van der Waals surface area contributed by atoms with Gasteiger partial charge in [-0.05, 0) is 37.1 Å². The number of hydrogen-bond donors (Lipinski definition) is 2. The summed E-state index contributed by atoms with van der Waals surface area (Å²) in [7, 11) is -3.34. The number of carboxylic acid groups (broad SMARTS) is 1. The van der Waals surface area contributed by atoms with Gasteiger partial charge in [0, 0.05) is 40.9 Å². The molecular formula is C20H22N2O4S2. The van der Waals surface area contributed by atoms with Gasteiger partial charge in [-0.1, -0.05) is 18.2 Å². The SMILES string of the molecule is CS(=O)(=O)c1ccnc2c1cc1n2CCCC1CC(=O)O.Sc1ccccc1. The molecule has 28 heavy (non-hydrogen) atoms. The Morgan fingerprint density at radius 3 is 2.57 bits per heavy atom. The van der Waals surface area contributed by atoms with E-state index in [4.69, 9.17) is 5.11 Å². The van der Waals surface area contributed by atoms with Gasteiger partial charge in [0.15, 0.2) is 9.84 Å². The fourth-order valence-electron chi connectivity index (χ4n) is 3.53. The molecule has 1 unspecified atom stereocenters. The van der Waals surface area contributed by atoms with Crippen molar-refractivity contribution in [1.82, 2.24) is 9.55 Å². The topological polar surface area (TPSA) is 89.3 Å². The van der Waals surface area contributed by atoms with E-state index >= 15 is 0 Å². The van der Waals surface area contributed by atoms with Crippen LogP contribution >= 0.6 is 12.6 Å². The number of aliphatic carboxylic acids is 1. The zero-order chi connectivity index (χ0) is 20.3. The smallest absolute Gasteiger partial charge is 0.304 e. The Morgan fingerprint density at radius 1 is 1.29 bits per heavy atom. The Morgan fingerprint density at radius 2 is 2.00 bits per heavy atom. The first-order valence-electron chi connectivity index (χ1n) is 8.91. The number of aryl methyl sites for hydroxylation is 1. The maximum absolute atomic E-state index is 11.9. The van der Waals surface area contributed by atoms with Gasteiger partial charge in [-0.3, -0.25) is 4.79 Å². The van der Waals surface area contributed by atoms with E-state index < -0.39 is 15.8 Å². The summed E-state index contributed by atoms with van der Waals surface area (Å²) < 4.78 is 25.7. The maximum atomic E-state index is 11.9. The van der Waals surface area contributed by atoms with Crippen molar-refractivity contribution in [3.8, 4) is 0 Å². The zero-order valence-corrected chi connectivity index (χ0v) is 17.2. The predicted octanol–water partition coefficient (Wildman–Crippen LogP) is 3.77. The molecule has 1 aliphatic rings. The maximum Gasteiger partial charge on any atom is 0.304 e. The third kappa shape index (κ3) is 4.56. The van der Waals surface area contributed by atoms with Gasteiger partial charge in [-0.2, -0.15) is 0 Å². The van der Waals surface area contributed by atoms with Crippen molar-refractivity contribution in [1.29, 1.82) is 0 Å². The summed E-state index contributed by atoms with van der Waals surface area (Å²) in [4.78, 5) is 16.6. The number of pyridine rings is 1. The molecule has 2 aromatic heterocycles. The van der Waals surface area contributed by atoms with Crippen LogP contribution in [0.2, 0.25) is 0 Å². The van der Waals surface area contributed by atoms with E-state index in [-0.39, 0.29) is 17.2 Å². The van der Waals surface area contributed by atoms with Crippen LogP contribution in [0.25, 0.3) is 11.0 Å². The molecule has 1 aliphatic heterocycles. The average Bonchev–Trinajstić information content (AvgIpc) is 3.01. The minimum atomic E-state index is -3.34. The number of hydrogen-bond acceptors (Lipinski definition) is 5. The summed E-state index contributed by atoms with van der Waals surface area (Å²) in [5.41, 5.74) is 1.50. The number of carbonyl (C=O) groups is 1. The van der Waals surface area contributed by atoms with Gasteiger partial charge in [0.1, 0.15) is 5.65 Å². The van der Waals surface area contributed by atoms with Crippen LogP contribution in [0.5, 0.6) is 0 Å². The van der Waals surface area contributed by atoms with Crippen molar-refractivity contribution in [3.05, 3.63) is 54.4 Å². The van der Waals surface area contributed by atoms with Gasteiger partial charge in [-0.15, -0.1) is 12.6 Å². The van der Waals surface area contributed by atoms with E-state index in [0.29, 0.717) is 11.0 Å². The van der Waals surface area contributed by atoms with Gasteiger partial charge < -0.3 is 9.67 Å². The average molecular weight is 419 g/mol. The molecule has 0 saturated carbocycles. The van der Waals surface area contributed by atoms with Crippen LogP contribution in [0.15, 0.2) is 58.5 Å². The molecule has 6 nitrogen and oxygen atoms in total. The van der Waals surface area contributed by atoms with Crippen molar-refractivity contribution in [2.75, 3.05) is 6.26 Å². The fourth-order valence-corrected chi connectivity index (χ4v) is 4.56. The highest BCUT2D eigenvalue weighted by Crippen LogP contribution is 2.36. The molecule has 0 saturated heterocycles. The lowest BCUT2D eigenvalue weighted by molar-refractivity contribution is -0.137. The molecule has 3 heterocycles. The number of nitrogens with zero attached hydrogens (tertiary/aromatic N) is 2. The molecule has 0 amide bonds. The van der Waals surface area contributed by atoms with Crippen molar-refractivity contribution in [2.24, 2.45) is 0 Å². The van der Waals surface area contributed by atoms with Crippen LogP contribution in [0.3, 0.4) is 0 Å². The molecule has 0 aliphatic carbocycles. The Balaban J connectivity index is 0.000000271. The number of rotatable bonds is 3. The second-order valence-corrected chi connectivity index (χ2v) is 9.31. The Hall–Kier alpha value is -2.32. The van der Waals surface area contributed by atoms with E-state index in [1.807, 2.05) is 34.9 Å². The Labute approximate surface area is 169 Å². The molecule has 3 aromatic rings. The molecular weight excluding hydrogens is 396 g/mol. The third-order valence-electron chi connectivity index (χ3n) is 4.72. The van der Waals surface area contributed by atoms with Crippen LogP contribution in [-0.2, 0) is 21.2 Å². The summed E-state index contributed by atoms with van der Waals surface area (Å²) >= 11 is 4.08. The quantitative estimate of drug-likeness (QED) is 0.632. The number of benzene rings is 1. The van der Waals surface area contributed by atoms with Gasteiger partial charge in [0.05, 0.1) is 11.3 Å². The van der Waals surface area contributed by atoms with E-state index in [2.05, 4.69) is 17.6 Å². The summed E-state index contributed by atoms with van der Waals surface area (Å²) in [6.07, 6.45) is 4.40. The van der Waals surface area contributed by atoms with E-state index in [1.54, 1.807) is 6.07 Å². The summed E-state index contributed by atoms with van der Waals surface area (Å²) in [5, 5.41) is 9.62. The zero-order valence-electron chi connectivity index (χ0n) is 15.4. The molecule has 1 atom stereocenters. The number of thiol groups is 1. The third-order valence-corrected chi connectivity index (χ3v) is 6.17. The molecule has 0 spiro atoms. The summed E-state index contributed by atoms with van der Waals surface area (Å²) in [6.45, 7) is 0.745. The first-order valence-corrected chi connectivity index (χ1v) is 11.2. The molecule has 4 rings (SSSR count).